The third kappa shape index (κ3) is 9.26. The molecule has 1 saturated heterocycles. The minimum Gasteiger partial charge on any atom is -0.497 e. The molecule has 2 aromatic carbocycles. The second kappa shape index (κ2) is 15.8. The van der Waals surface area contributed by atoms with E-state index in [1.54, 1.807) is 66.9 Å². The van der Waals surface area contributed by atoms with E-state index in [0.717, 1.165) is 5.56 Å². The molecule has 14 nitrogen and oxygen atoms in total. The van der Waals surface area contributed by atoms with Crippen LogP contribution >= 0.6 is 0 Å². The van der Waals surface area contributed by atoms with Gasteiger partial charge in [0.15, 0.2) is 0 Å². The largest absolute Gasteiger partial charge is 0.497 e. The van der Waals surface area contributed by atoms with Crippen molar-refractivity contribution in [1.82, 2.24) is 25.2 Å². The van der Waals surface area contributed by atoms with Crippen LogP contribution in [0.1, 0.15) is 68.2 Å². The molecule has 2 heterocycles. The Bertz CT molecular complexity index is 2110. The number of sulfonamides is 1. The maximum Gasteiger partial charge on any atom is 0.408 e. The highest BCUT2D eigenvalue weighted by atomic mass is 32.2. The number of aromatic nitrogens is 1. The van der Waals surface area contributed by atoms with Crippen molar-refractivity contribution in [3.8, 4) is 22.8 Å². The Morgan fingerprint density at radius 3 is 2.27 bits per heavy atom. The third-order valence-electron chi connectivity index (χ3n) is 9.87. The first kappa shape index (κ1) is 42.0. The zero-order chi connectivity index (χ0) is 41.4. The Morgan fingerprint density at radius 1 is 1.02 bits per heavy atom. The molecule has 4 amide bonds. The van der Waals surface area contributed by atoms with Gasteiger partial charge >= 0.3 is 6.09 Å². The highest BCUT2D eigenvalue weighted by Gasteiger charge is 2.61. The fraction of sp³-hybridized carbons (Fsp3) is 0.488. The lowest BCUT2D eigenvalue weighted by Gasteiger charge is -2.36. The zero-order valence-corrected chi connectivity index (χ0v) is 34.3. The van der Waals surface area contributed by atoms with Crippen LogP contribution in [-0.2, 0) is 29.1 Å². The summed E-state index contributed by atoms with van der Waals surface area (Å²) < 4.78 is 45.2. The van der Waals surface area contributed by atoms with Crippen LogP contribution in [0.3, 0.4) is 0 Å². The number of fused-ring (bicyclic) bond motifs is 1. The van der Waals surface area contributed by atoms with Gasteiger partial charge in [0.25, 0.3) is 5.91 Å². The number of hydrogen-bond donors (Lipinski definition) is 3. The highest BCUT2D eigenvalue weighted by molar-refractivity contribution is 7.90. The number of hydrogen-bond acceptors (Lipinski definition) is 10. The predicted molar refractivity (Wildman–Crippen MR) is 212 cm³/mol. The second-order valence-corrected chi connectivity index (χ2v) is 19.0. The monoisotopic (exact) mass is 791 g/mol. The lowest BCUT2D eigenvalue weighted by molar-refractivity contribution is -0.143. The number of benzene rings is 2. The van der Waals surface area contributed by atoms with Crippen LogP contribution in [0.4, 0.5) is 4.79 Å². The molecule has 0 radical (unpaired) electrons. The minimum absolute atomic E-state index is 0.00224. The molecule has 15 heteroatoms. The van der Waals surface area contributed by atoms with Crippen LogP contribution < -0.4 is 24.8 Å². The van der Waals surface area contributed by atoms with Crippen LogP contribution in [-0.4, -0.2) is 90.3 Å². The van der Waals surface area contributed by atoms with Gasteiger partial charge in [0.05, 0.1) is 30.1 Å². The summed E-state index contributed by atoms with van der Waals surface area (Å²) in [5.74, 6) is -1.65. The summed E-state index contributed by atoms with van der Waals surface area (Å²) in [6, 6.07) is 14.4. The maximum atomic E-state index is 14.6. The molecule has 0 bridgehead atoms. The van der Waals surface area contributed by atoms with Crippen LogP contribution in [0, 0.1) is 11.3 Å². The fourth-order valence-corrected chi connectivity index (χ4v) is 7.30. The van der Waals surface area contributed by atoms with Gasteiger partial charge in [0.2, 0.25) is 21.8 Å². The van der Waals surface area contributed by atoms with Crippen molar-refractivity contribution in [3.05, 3.63) is 67.3 Å². The van der Waals surface area contributed by atoms with Gasteiger partial charge in [-0.1, -0.05) is 57.2 Å². The Morgan fingerprint density at radius 2 is 1.70 bits per heavy atom. The van der Waals surface area contributed by atoms with Crippen LogP contribution in [0.5, 0.6) is 11.5 Å². The number of methoxy groups -OCH3 is 1. The summed E-state index contributed by atoms with van der Waals surface area (Å²) in [5.41, 5.74) is -1.21. The average molecular weight is 792 g/mol. The first-order valence-electron chi connectivity index (χ1n) is 18.6. The average Bonchev–Trinajstić information content (AvgIpc) is 3.67. The number of carbonyl (C=O) groups excluding carboxylic acids is 4. The fourth-order valence-electron chi connectivity index (χ4n) is 6.63. The van der Waals surface area contributed by atoms with Crippen molar-refractivity contribution in [2.45, 2.75) is 103 Å². The summed E-state index contributed by atoms with van der Waals surface area (Å²) in [4.78, 5) is 61.9. The van der Waals surface area contributed by atoms with Crippen LogP contribution in [0.25, 0.3) is 22.2 Å². The van der Waals surface area contributed by atoms with Crippen LogP contribution in [0.2, 0.25) is 0 Å². The summed E-state index contributed by atoms with van der Waals surface area (Å²) >= 11 is 0. The number of nitrogens with zero attached hydrogens (tertiary/aromatic N) is 2. The summed E-state index contributed by atoms with van der Waals surface area (Å²) in [5, 5.41) is 5.28. The Hall–Kier alpha value is -5.18. The molecular formula is C41H53N5O9S. The molecule has 0 unspecified atom stereocenters. The molecule has 3 aromatic rings. The topological polar surface area (TPSA) is 182 Å². The molecule has 2 aliphatic rings. The van der Waals surface area contributed by atoms with E-state index in [1.165, 1.54) is 24.8 Å². The first-order valence-corrected chi connectivity index (χ1v) is 20.1. The van der Waals surface area contributed by atoms with Gasteiger partial charge in [-0.05, 0) is 58.6 Å². The van der Waals surface area contributed by atoms with E-state index in [0.29, 0.717) is 28.1 Å². The normalized spacial score (nSPS) is 21.5. The Labute approximate surface area is 328 Å². The molecule has 1 aliphatic carbocycles. The summed E-state index contributed by atoms with van der Waals surface area (Å²) in [6.45, 7) is 17.0. The number of ether oxygens (including phenoxy) is 3. The van der Waals surface area contributed by atoms with E-state index < -0.39 is 79.7 Å². The van der Waals surface area contributed by atoms with Gasteiger partial charge in [0.1, 0.15) is 40.8 Å². The van der Waals surface area contributed by atoms with E-state index in [-0.39, 0.29) is 19.4 Å². The number of pyridine rings is 1. The van der Waals surface area contributed by atoms with E-state index in [4.69, 9.17) is 19.2 Å². The molecule has 1 aromatic heterocycles. The number of rotatable bonds is 12. The van der Waals surface area contributed by atoms with Crippen LogP contribution in [0.15, 0.2) is 67.3 Å². The minimum atomic E-state index is -4.03. The molecule has 0 spiro atoms. The van der Waals surface area contributed by atoms with E-state index in [9.17, 15) is 27.6 Å². The molecule has 1 aliphatic heterocycles. The molecule has 2 fully saturated rings. The standard InChI is InChI=1S/C41H53N5O9S/c1-11-26-22-41(26,37(49)45-56(51,52)24(2)3)44-35(47)32-20-28(23-46(32)36(48)34(39(4,5)6)43-38(50)55-40(7,8)9)54-33-21-30(25-15-13-12-14-16-25)42-31-19-27(53-10)17-18-29(31)33/h11-19,21,24,26,28,32,34H,1,20,22-23H2,2-10H3,(H,43,50)(H,44,47)(H,45,49)/t26-,28-,32+,34-,41-/m1/s1. The van der Waals surface area contributed by atoms with Crippen molar-refractivity contribution in [3.63, 3.8) is 0 Å². The molecule has 56 heavy (non-hydrogen) atoms. The summed E-state index contributed by atoms with van der Waals surface area (Å²) in [6.07, 6.45) is 0.0531. The first-order chi connectivity index (χ1) is 26.1. The van der Waals surface area contributed by atoms with Crippen molar-refractivity contribution in [1.29, 1.82) is 0 Å². The number of nitrogens with one attached hydrogen (secondary N) is 3. The van der Waals surface area contributed by atoms with Crippen molar-refractivity contribution in [2.75, 3.05) is 13.7 Å². The van der Waals surface area contributed by atoms with Gasteiger partial charge in [-0.3, -0.25) is 19.1 Å². The second-order valence-electron chi connectivity index (χ2n) is 16.7. The molecule has 302 valence electrons. The molecular weight excluding hydrogens is 739 g/mol. The molecule has 5 atom stereocenters. The third-order valence-corrected chi connectivity index (χ3v) is 11.6. The van der Waals surface area contributed by atoms with Gasteiger partial charge in [-0.25, -0.2) is 18.2 Å². The Balaban J connectivity index is 1.53. The number of alkyl carbamates (subject to hydrolysis) is 1. The van der Waals surface area contributed by atoms with Gasteiger partial charge in [0, 0.05) is 35.4 Å². The van der Waals surface area contributed by atoms with E-state index in [1.807, 2.05) is 36.4 Å². The molecule has 5 rings (SSSR count). The lowest BCUT2D eigenvalue weighted by atomic mass is 9.85. The lowest BCUT2D eigenvalue weighted by Crippen LogP contribution is -2.60. The van der Waals surface area contributed by atoms with E-state index >= 15 is 0 Å². The van der Waals surface area contributed by atoms with Crippen molar-refractivity contribution in [2.24, 2.45) is 11.3 Å². The summed E-state index contributed by atoms with van der Waals surface area (Å²) in [7, 11) is -2.46. The molecule has 1 saturated carbocycles. The van der Waals surface area contributed by atoms with Gasteiger partial charge < -0.3 is 29.7 Å². The number of amides is 4. The maximum absolute atomic E-state index is 14.6. The number of carbonyl (C=O) groups is 4. The zero-order valence-electron chi connectivity index (χ0n) is 33.5. The van der Waals surface area contributed by atoms with Gasteiger partial charge in [-0.2, -0.15) is 0 Å². The van der Waals surface area contributed by atoms with Crippen molar-refractivity contribution >= 4 is 44.7 Å². The molecule has 3 N–H and O–H groups in total. The Kier molecular flexibility index (Phi) is 11.8. The smallest absolute Gasteiger partial charge is 0.408 e. The van der Waals surface area contributed by atoms with E-state index in [2.05, 4.69) is 21.9 Å². The predicted octanol–water partition coefficient (Wildman–Crippen LogP) is 5.11. The van der Waals surface area contributed by atoms with Gasteiger partial charge in [-0.15, -0.1) is 6.58 Å². The van der Waals surface area contributed by atoms with Crippen molar-refractivity contribution < 1.29 is 41.8 Å². The quantitative estimate of drug-likeness (QED) is 0.209. The highest BCUT2D eigenvalue weighted by Crippen LogP contribution is 2.45. The number of likely N-dealkylation sites (tertiary alicyclic amines) is 1. The SMILES string of the molecule is C=C[C@@H]1C[C@]1(NC(=O)[C@@H]1C[C@@H](Oc2cc(-c3ccccc3)nc3cc(OC)ccc23)CN1C(=O)[C@@H](NC(=O)OC(C)(C)C)C(C)(C)C)C(=O)NS(=O)(=O)C(C)C.